The van der Waals surface area contributed by atoms with Gasteiger partial charge in [-0.3, -0.25) is 24.3 Å². The highest BCUT2D eigenvalue weighted by molar-refractivity contribution is 6.31. The molecular weight excluding hydrogens is 405 g/mol. The third-order valence-electron chi connectivity index (χ3n) is 4.04. The molecule has 0 aliphatic heterocycles. The molecular formula is C19H15ClFN3O5. The van der Waals surface area contributed by atoms with E-state index < -0.39 is 41.5 Å². The Hall–Kier alpha value is -3.46. The molecule has 0 radical (unpaired) electrons. The zero-order valence-electron chi connectivity index (χ0n) is 15.1. The first-order chi connectivity index (χ1) is 13.8. The van der Waals surface area contributed by atoms with Gasteiger partial charge in [0.15, 0.2) is 6.10 Å². The van der Waals surface area contributed by atoms with E-state index in [1.54, 1.807) is 12.1 Å². The number of amides is 1. The number of hydrogen-bond acceptors (Lipinski definition) is 5. The van der Waals surface area contributed by atoms with Crippen LogP contribution in [0.2, 0.25) is 5.02 Å². The zero-order chi connectivity index (χ0) is 21.1. The van der Waals surface area contributed by atoms with Crippen molar-refractivity contribution in [1.29, 1.82) is 0 Å². The standard InChI is InChI=1S/C19H15ClFN3O5/c1-10(17(26)22-11-6-7-15(21)14(20)8-11)29-16(25)9-24-19(28)13-5-3-2-4-12(13)18(27)23-24/h2-8,10H,9H2,1H3,(H,22,26)(H,23,27). The third kappa shape index (κ3) is 4.52. The molecule has 1 heterocycles. The van der Waals surface area contributed by atoms with Gasteiger partial charge in [0.1, 0.15) is 12.4 Å². The number of nitrogens with one attached hydrogen (secondary N) is 2. The number of ether oxygens (including phenoxy) is 1. The topological polar surface area (TPSA) is 110 Å². The Morgan fingerprint density at radius 2 is 1.90 bits per heavy atom. The van der Waals surface area contributed by atoms with Gasteiger partial charge in [-0.15, -0.1) is 0 Å². The van der Waals surface area contributed by atoms with Gasteiger partial charge in [-0.05, 0) is 37.3 Å². The van der Waals surface area contributed by atoms with Crippen molar-refractivity contribution in [2.45, 2.75) is 19.6 Å². The molecule has 2 aromatic carbocycles. The summed E-state index contributed by atoms with van der Waals surface area (Å²) in [7, 11) is 0. The number of aromatic amines is 1. The lowest BCUT2D eigenvalue weighted by atomic mass is 10.2. The van der Waals surface area contributed by atoms with Crippen LogP contribution < -0.4 is 16.4 Å². The Morgan fingerprint density at radius 1 is 1.21 bits per heavy atom. The molecule has 0 spiro atoms. The summed E-state index contributed by atoms with van der Waals surface area (Å²) in [4.78, 5) is 48.7. The molecule has 0 bridgehead atoms. The molecule has 0 saturated carbocycles. The Bertz CT molecular complexity index is 1220. The van der Waals surface area contributed by atoms with Crippen LogP contribution in [0.15, 0.2) is 52.1 Å². The van der Waals surface area contributed by atoms with Crippen molar-refractivity contribution in [3.8, 4) is 0 Å². The fourth-order valence-electron chi connectivity index (χ4n) is 2.59. The SMILES string of the molecule is CC(OC(=O)Cn1[nH]c(=O)c2ccccc2c1=O)C(=O)Nc1ccc(F)c(Cl)c1. The molecule has 29 heavy (non-hydrogen) atoms. The molecule has 1 aromatic heterocycles. The molecule has 1 amide bonds. The number of H-pyrrole nitrogens is 1. The maximum atomic E-state index is 13.2. The van der Waals surface area contributed by atoms with Gasteiger partial charge in [-0.2, -0.15) is 0 Å². The number of halogens is 2. The van der Waals surface area contributed by atoms with Crippen molar-refractivity contribution in [3.05, 3.63) is 74.0 Å². The largest absolute Gasteiger partial charge is 0.451 e. The first-order valence-electron chi connectivity index (χ1n) is 8.43. The highest BCUT2D eigenvalue weighted by atomic mass is 35.5. The first-order valence-corrected chi connectivity index (χ1v) is 8.81. The number of carbonyl (C=O) groups is 2. The van der Waals surface area contributed by atoms with E-state index in [1.165, 1.54) is 31.2 Å². The summed E-state index contributed by atoms with van der Waals surface area (Å²) in [5.74, 6) is -2.22. The lowest BCUT2D eigenvalue weighted by molar-refractivity contribution is -0.154. The minimum Gasteiger partial charge on any atom is -0.451 e. The quantitative estimate of drug-likeness (QED) is 0.615. The predicted molar refractivity (Wildman–Crippen MR) is 104 cm³/mol. The number of nitrogens with zero attached hydrogens (tertiary/aromatic N) is 1. The van der Waals surface area contributed by atoms with Crippen LogP contribution in [-0.2, 0) is 20.9 Å². The first kappa shape index (κ1) is 20.3. The van der Waals surface area contributed by atoms with Crippen LogP contribution in [0.25, 0.3) is 10.8 Å². The van der Waals surface area contributed by atoms with E-state index in [-0.39, 0.29) is 21.5 Å². The Labute approximate surface area is 167 Å². The molecule has 3 rings (SSSR count). The van der Waals surface area contributed by atoms with Gasteiger partial charge in [0.05, 0.1) is 15.8 Å². The van der Waals surface area contributed by atoms with Gasteiger partial charge in [0.2, 0.25) is 0 Å². The number of esters is 1. The number of benzene rings is 2. The smallest absolute Gasteiger partial charge is 0.328 e. The summed E-state index contributed by atoms with van der Waals surface area (Å²) < 4.78 is 19.0. The maximum absolute atomic E-state index is 13.2. The maximum Gasteiger partial charge on any atom is 0.328 e. The fourth-order valence-corrected chi connectivity index (χ4v) is 2.77. The number of anilines is 1. The Morgan fingerprint density at radius 3 is 2.59 bits per heavy atom. The average molecular weight is 420 g/mol. The van der Waals surface area contributed by atoms with Gasteiger partial charge in [0, 0.05) is 5.69 Å². The fraction of sp³-hybridized carbons (Fsp3) is 0.158. The van der Waals surface area contributed by atoms with Crippen LogP contribution in [0.5, 0.6) is 0 Å². The van der Waals surface area contributed by atoms with Crippen molar-refractivity contribution in [3.63, 3.8) is 0 Å². The molecule has 0 aliphatic carbocycles. The lowest BCUT2D eigenvalue weighted by Gasteiger charge is -2.14. The predicted octanol–water partition coefficient (Wildman–Crippen LogP) is 2.05. The van der Waals surface area contributed by atoms with E-state index in [0.717, 1.165) is 10.7 Å². The van der Waals surface area contributed by atoms with Gasteiger partial charge < -0.3 is 10.1 Å². The van der Waals surface area contributed by atoms with E-state index in [2.05, 4.69) is 10.4 Å². The van der Waals surface area contributed by atoms with E-state index in [4.69, 9.17) is 16.3 Å². The van der Waals surface area contributed by atoms with Crippen LogP contribution in [0.4, 0.5) is 10.1 Å². The van der Waals surface area contributed by atoms with E-state index in [9.17, 15) is 23.6 Å². The van der Waals surface area contributed by atoms with Gasteiger partial charge in [0.25, 0.3) is 17.0 Å². The summed E-state index contributed by atoms with van der Waals surface area (Å²) >= 11 is 5.65. The number of aromatic nitrogens is 2. The Balaban J connectivity index is 1.68. The van der Waals surface area contributed by atoms with Gasteiger partial charge in [-0.25, -0.2) is 9.07 Å². The second-order valence-electron chi connectivity index (χ2n) is 6.13. The van der Waals surface area contributed by atoms with Crippen molar-refractivity contribution >= 4 is 39.9 Å². The molecule has 0 fully saturated rings. The summed E-state index contributed by atoms with van der Waals surface area (Å²) in [5.41, 5.74) is -0.887. The van der Waals surface area contributed by atoms with Crippen molar-refractivity contribution in [2.24, 2.45) is 0 Å². The molecule has 2 N–H and O–H groups in total. The zero-order valence-corrected chi connectivity index (χ0v) is 15.8. The summed E-state index contributed by atoms with van der Waals surface area (Å²) in [6.07, 6.45) is -1.21. The minimum atomic E-state index is -1.21. The summed E-state index contributed by atoms with van der Waals surface area (Å²) in [6, 6.07) is 9.77. The number of hydrogen-bond donors (Lipinski definition) is 2. The minimum absolute atomic E-state index is 0.156. The van der Waals surface area contributed by atoms with Gasteiger partial charge >= 0.3 is 5.97 Å². The number of fused-ring (bicyclic) bond motifs is 1. The van der Waals surface area contributed by atoms with Crippen LogP contribution in [0.1, 0.15) is 6.92 Å². The summed E-state index contributed by atoms with van der Waals surface area (Å²) in [6.45, 7) is 0.739. The third-order valence-corrected chi connectivity index (χ3v) is 4.33. The number of carbonyl (C=O) groups excluding carboxylic acids is 2. The van der Waals surface area contributed by atoms with Gasteiger partial charge in [-0.1, -0.05) is 23.7 Å². The highest BCUT2D eigenvalue weighted by Crippen LogP contribution is 2.19. The molecule has 1 unspecified atom stereocenters. The molecule has 10 heteroatoms. The van der Waals surface area contributed by atoms with Crippen molar-refractivity contribution in [2.75, 3.05) is 5.32 Å². The van der Waals surface area contributed by atoms with E-state index >= 15 is 0 Å². The molecule has 8 nitrogen and oxygen atoms in total. The molecule has 1 atom stereocenters. The average Bonchev–Trinajstić information content (AvgIpc) is 2.68. The Kier molecular flexibility index (Phi) is 5.79. The highest BCUT2D eigenvalue weighted by Gasteiger charge is 2.19. The lowest BCUT2D eigenvalue weighted by Crippen LogP contribution is -2.35. The van der Waals surface area contributed by atoms with E-state index in [0.29, 0.717) is 0 Å². The number of rotatable bonds is 5. The molecule has 0 saturated heterocycles. The van der Waals surface area contributed by atoms with Crippen LogP contribution in [0.3, 0.4) is 0 Å². The van der Waals surface area contributed by atoms with Crippen molar-refractivity contribution < 1.29 is 18.7 Å². The van der Waals surface area contributed by atoms with Crippen molar-refractivity contribution in [1.82, 2.24) is 9.78 Å². The summed E-state index contributed by atoms with van der Waals surface area (Å²) in [5, 5.41) is 4.91. The normalized spacial score (nSPS) is 11.8. The van der Waals surface area contributed by atoms with Crippen LogP contribution in [0, 0.1) is 5.82 Å². The van der Waals surface area contributed by atoms with E-state index in [1.807, 2.05) is 0 Å². The molecule has 150 valence electrons. The van der Waals surface area contributed by atoms with Crippen LogP contribution >= 0.6 is 11.6 Å². The molecule has 0 aliphatic rings. The van der Waals surface area contributed by atoms with Crippen LogP contribution in [-0.4, -0.2) is 27.8 Å². The monoisotopic (exact) mass is 419 g/mol. The second kappa shape index (κ2) is 8.27. The molecule has 3 aromatic rings. The second-order valence-corrected chi connectivity index (χ2v) is 6.54.